The maximum Gasteiger partial charge on any atom is 0.278 e. The predicted octanol–water partition coefficient (Wildman–Crippen LogP) is 1.70. The molecule has 10 nitrogen and oxygen atoms in total. The number of ether oxygens (including phenoxy) is 1. The van der Waals surface area contributed by atoms with Crippen molar-refractivity contribution in [1.82, 2.24) is 24.3 Å². The van der Waals surface area contributed by atoms with Crippen LogP contribution in [0.2, 0.25) is 0 Å². The van der Waals surface area contributed by atoms with Crippen LogP contribution in [0.4, 0.5) is 0 Å². The van der Waals surface area contributed by atoms with E-state index >= 15 is 0 Å². The topological polar surface area (TPSA) is 120 Å². The van der Waals surface area contributed by atoms with Crippen LogP contribution in [0, 0.1) is 0 Å². The molecule has 1 fully saturated rings. The zero-order valence-corrected chi connectivity index (χ0v) is 17.8. The summed E-state index contributed by atoms with van der Waals surface area (Å²) < 4.78 is 39.2. The zero-order valence-electron chi connectivity index (χ0n) is 16.2. The molecule has 2 aromatic heterocycles. The number of oxazole rings is 1. The molecule has 0 N–H and O–H groups in total. The van der Waals surface area contributed by atoms with E-state index in [1.807, 2.05) is 0 Å². The van der Waals surface area contributed by atoms with E-state index in [1.165, 1.54) is 32.9 Å². The van der Waals surface area contributed by atoms with Gasteiger partial charge in [0.05, 0.1) is 23.5 Å². The van der Waals surface area contributed by atoms with Crippen molar-refractivity contribution in [3.63, 3.8) is 0 Å². The molecule has 0 radical (unpaired) electrons. The number of sulfonamides is 1. The number of thioether (sulfide) groups is 1. The fourth-order valence-electron chi connectivity index (χ4n) is 3.27. The highest BCUT2D eigenvalue weighted by molar-refractivity contribution is 7.98. The van der Waals surface area contributed by atoms with Gasteiger partial charge in [-0.15, -0.1) is 5.10 Å². The van der Waals surface area contributed by atoms with Gasteiger partial charge in [0.15, 0.2) is 5.58 Å². The molecular formula is C19H17N5O5S2. The van der Waals surface area contributed by atoms with E-state index < -0.39 is 10.0 Å². The van der Waals surface area contributed by atoms with Gasteiger partial charge in [-0.05, 0) is 42.1 Å². The van der Waals surface area contributed by atoms with Crippen molar-refractivity contribution in [1.29, 1.82) is 0 Å². The minimum Gasteiger partial charge on any atom is -0.431 e. The summed E-state index contributed by atoms with van der Waals surface area (Å²) in [6, 6.07) is 11.6. The third kappa shape index (κ3) is 3.82. The van der Waals surface area contributed by atoms with Crippen molar-refractivity contribution < 1.29 is 17.6 Å². The summed E-state index contributed by atoms with van der Waals surface area (Å²) in [5.41, 5.74) is 1.16. The Bertz CT molecular complexity index is 1430. The molecule has 0 bridgehead atoms. The Kier molecular flexibility index (Phi) is 5.22. The molecule has 3 heterocycles. The average Bonchev–Trinajstić information content (AvgIpc) is 3.21. The highest BCUT2D eigenvalue weighted by Gasteiger charge is 2.27. The largest absolute Gasteiger partial charge is 0.431 e. The van der Waals surface area contributed by atoms with E-state index in [4.69, 9.17) is 9.15 Å². The van der Waals surface area contributed by atoms with Gasteiger partial charge in [-0.25, -0.2) is 13.4 Å². The van der Waals surface area contributed by atoms with Gasteiger partial charge < -0.3 is 9.15 Å². The van der Waals surface area contributed by atoms with Crippen LogP contribution >= 0.6 is 11.8 Å². The Labute approximate surface area is 180 Å². The van der Waals surface area contributed by atoms with Crippen molar-refractivity contribution >= 4 is 43.8 Å². The lowest BCUT2D eigenvalue weighted by Gasteiger charge is -2.25. The third-order valence-electron chi connectivity index (χ3n) is 4.89. The number of hydrogen-bond acceptors (Lipinski definition) is 9. The molecule has 5 rings (SSSR count). The van der Waals surface area contributed by atoms with Gasteiger partial charge in [0.1, 0.15) is 16.9 Å². The maximum absolute atomic E-state index is 12.8. The standard InChI is InChI=1S/C19H17N5O5S2/c25-18-14-3-1-2-4-15(14)21-22-24(18)12-30-19-20-16-11-13(5-6-17(16)29-19)31(26,27)23-7-9-28-10-8-23/h1-6,11H,7-10,12H2. The summed E-state index contributed by atoms with van der Waals surface area (Å²) in [4.78, 5) is 17.1. The molecule has 4 aromatic rings. The van der Waals surface area contributed by atoms with Gasteiger partial charge in [0.2, 0.25) is 10.0 Å². The number of benzene rings is 2. The molecular weight excluding hydrogens is 442 g/mol. The van der Waals surface area contributed by atoms with Crippen molar-refractivity contribution in [2.45, 2.75) is 16.0 Å². The van der Waals surface area contributed by atoms with E-state index in [2.05, 4.69) is 15.3 Å². The second-order valence-electron chi connectivity index (χ2n) is 6.81. The van der Waals surface area contributed by atoms with Crippen LogP contribution in [0.3, 0.4) is 0 Å². The van der Waals surface area contributed by atoms with E-state index in [-0.39, 0.29) is 16.3 Å². The van der Waals surface area contributed by atoms with Crippen LogP contribution in [0.15, 0.2) is 61.8 Å². The number of fused-ring (bicyclic) bond motifs is 2. The molecule has 2 aromatic carbocycles. The molecule has 160 valence electrons. The van der Waals surface area contributed by atoms with Gasteiger partial charge in [-0.2, -0.15) is 8.99 Å². The first-order valence-electron chi connectivity index (χ1n) is 9.46. The second kappa shape index (κ2) is 8.04. The van der Waals surface area contributed by atoms with Crippen LogP contribution in [0.25, 0.3) is 22.0 Å². The highest BCUT2D eigenvalue weighted by atomic mass is 32.2. The average molecular weight is 460 g/mol. The predicted molar refractivity (Wildman–Crippen MR) is 113 cm³/mol. The summed E-state index contributed by atoms with van der Waals surface area (Å²) in [6.45, 7) is 1.40. The van der Waals surface area contributed by atoms with Gasteiger partial charge >= 0.3 is 0 Å². The molecule has 1 saturated heterocycles. The molecule has 0 unspecified atom stereocenters. The Morgan fingerprint density at radius 3 is 2.71 bits per heavy atom. The highest BCUT2D eigenvalue weighted by Crippen LogP contribution is 2.27. The number of hydrogen-bond donors (Lipinski definition) is 0. The molecule has 0 atom stereocenters. The van der Waals surface area contributed by atoms with Crippen LogP contribution in [0.5, 0.6) is 0 Å². The summed E-state index contributed by atoms with van der Waals surface area (Å²) in [6.07, 6.45) is 0. The molecule has 31 heavy (non-hydrogen) atoms. The van der Waals surface area contributed by atoms with Gasteiger partial charge in [0, 0.05) is 13.1 Å². The fourth-order valence-corrected chi connectivity index (χ4v) is 5.41. The smallest absolute Gasteiger partial charge is 0.278 e. The van der Waals surface area contributed by atoms with E-state index in [9.17, 15) is 13.2 Å². The minimum atomic E-state index is -3.62. The molecule has 0 aliphatic carbocycles. The van der Waals surface area contributed by atoms with Crippen molar-refractivity contribution in [3.8, 4) is 0 Å². The van der Waals surface area contributed by atoms with Crippen molar-refractivity contribution in [2.75, 3.05) is 26.3 Å². The summed E-state index contributed by atoms with van der Waals surface area (Å²) in [7, 11) is -3.62. The molecule has 12 heteroatoms. The summed E-state index contributed by atoms with van der Waals surface area (Å²) in [5.74, 6) is 0.155. The normalized spacial score (nSPS) is 15.6. The van der Waals surface area contributed by atoms with E-state index in [0.717, 1.165) is 0 Å². The molecule has 0 spiro atoms. The number of morpholine rings is 1. The summed E-state index contributed by atoms with van der Waals surface area (Å²) >= 11 is 1.17. The maximum atomic E-state index is 12.8. The monoisotopic (exact) mass is 459 g/mol. The first-order valence-corrected chi connectivity index (χ1v) is 11.9. The Morgan fingerprint density at radius 1 is 1.06 bits per heavy atom. The third-order valence-corrected chi connectivity index (χ3v) is 7.58. The molecule has 1 aliphatic rings. The van der Waals surface area contributed by atoms with Gasteiger partial charge in [-0.1, -0.05) is 17.3 Å². The summed E-state index contributed by atoms with van der Waals surface area (Å²) in [5, 5.41) is 8.77. The second-order valence-corrected chi connectivity index (χ2v) is 9.64. The molecule has 1 aliphatic heterocycles. The van der Waals surface area contributed by atoms with Gasteiger partial charge in [-0.3, -0.25) is 4.79 Å². The van der Waals surface area contributed by atoms with Crippen LogP contribution < -0.4 is 5.56 Å². The number of aromatic nitrogens is 4. The molecule has 0 amide bonds. The van der Waals surface area contributed by atoms with Crippen LogP contribution in [0.1, 0.15) is 0 Å². The minimum absolute atomic E-state index is 0.155. The zero-order chi connectivity index (χ0) is 21.4. The van der Waals surface area contributed by atoms with Gasteiger partial charge in [0.25, 0.3) is 10.8 Å². The first kappa shape index (κ1) is 20.1. The van der Waals surface area contributed by atoms with E-state index in [0.29, 0.717) is 53.5 Å². The number of nitrogens with zero attached hydrogens (tertiary/aromatic N) is 5. The lowest BCUT2D eigenvalue weighted by molar-refractivity contribution is 0.0730. The Hall–Kier alpha value is -2.80. The first-order chi connectivity index (χ1) is 15.0. The Morgan fingerprint density at radius 2 is 1.87 bits per heavy atom. The number of rotatable bonds is 5. The SMILES string of the molecule is O=c1c2ccccc2nnn1CSc1nc2cc(S(=O)(=O)N3CCOCC3)ccc2o1. The van der Waals surface area contributed by atoms with Crippen LogP contribution in [-0.2, 0) is 20.6 Å². The van der Waals surface area contributed by atoms with E-state index in [1.54, 1.807) is 30.3 Å². The lowest BCUT2D eigenvalue weighted by atomic mass is 10.2. The Balaban J connectivity index is 1.38. The quantitative estimate of drug-likeness (QED) is 0.411. The van der Waals surface area contributed by atoms with Crippen LogP contribution in [-0.4, -0.2) is 59.0 Å². The van der Waals surface area contributed by atoms with Crippen molar-refractivity contribution in [3.05, 3.63) is 52.8 Å². The fraction of sp³-hybridized carbons (Fsp3) is 0.263. The lowest BCUT2D eigenvalue weighted by Crippen LogP contribution is -2.40. The molecule has 0 saturated carbocycles. The van der Waals surface area contributed by atoms with Crippen molar-refractivity contribution in [2.24, 2.45) is 0 Å².